The second kappa shape index (κ2) is 6.34. The van der Waals surface area contributed by atoms with Crippen LogP contribution in [0.3, 0.4) is 0 Å². The summed E-state index contributed by atoms with van der Waals surface area (Å²) < 4.78 is 40.0. The molecule has 0 atom stereocenters. The number of rotatable bonds is 5. The third-order valence-electron chi connectivity index (χ3n) is 2.47. The Labute approximate surface area is 120 Å². The van der Waals surface area contributed by atoms with Gasteiger partial charge < -0.3 is 15.4 Å². The van der Waals surface area contributed by atoms with E-state index in [0.717, 1.165) is 12.4 Å². The second-order valence-electron chi connectivity index (χ2n) is 4.14. The highest BCUT2D eigenvalue weighted by atomic mass is 19.4. The average Bonchev–Trinajstić information content (AvgIpc) is 2.40. The lowest BCUT2D eigenvalue weighted by molar-refractivity contribution is -0.274. The van der Waals surface area contributed by atoms with Crippen LogP contribution in [0.5, 0.6) is 5.75 Å². The van der Waals surface area contributed by atoms with Gasteiger partial charge >= 0.3 is 6.36 Å². The fourth-order valence-electron chi connectivity index (χ4n) is 1.67. The Bertz CT molecular complexity index is 585. The Morgan fingerprint density at radius 1 is 1.05 bits per heavy atom. The van der Waals surface area contributed by atoms with Crippen LogP contribution in [0.1, 0.15) is 6.92 Å². The van der Waals surface area contributed by atoms with E-state index in [1.54, 1.807) is 6.07 Å². The number of hydrogen-bond acceptors (Lipinski definition) is 4. The van der Waals surface area contributed by atoms with Gasteiger partial charge in [0.2, 0.25) is 0 Å². The number of anilines is 3. The zero-order valence-corrected chi connectivity index (χ0v) is 11.2. The Kier molecular flexibility index (Phi) is 4.52. The number of aromatic nitrogens is 1. The number of halogens is 3. The van der Waals surface area contributed by atoms with Crippen molar-refractivity contribution in [1.29, 1.82) is 0 Å². The van der Waals surface area contributed by atoms with Crippen LogP contribution in [0.2, 0.25) is 0 Å². The molecular weight excluding hydrogens is 283 g/mol. The Morgan fingerprint density at radius 2 is 1.71 bits per heavy atom. The molecule has 0 radical (unpaired) electrons. The number of benzene rings is 1. The lowest BCUT2D eigenvalue weighted by atomic mass is 10.3. The monoisotopic (exact) mass is 297 g/mol. The predicted molar refractivity (Wildman–Crippen MR) is 74.8 cm³/mol. The van der Waals surface area contributed by atoms with Crippen LogP contribution in [0.4, 0.5) is 30.5 Å². The maximum absolute atomic E-state index is 12.1. The molecule has 7 heteroatoms. The first-order valence-corrected chi connectivity index (χ1v) is 6.30. The topological polar surface area (TPSA) is 46.2 Å². The molecule has 0 saturated carbocycles. The van der Waals surface area contributed by atoms with Crippen molar-refractivity contribution < 1.29 is 17.9 Å². The van der Waals surface area contributed by atoms with Gasteiger partial charge in [0.25, 0.3) is 0 Å². The summed E-state index contributed by atoms with van der Waals surface area (Å²) in [6.07, 6.45) is -4.68. The van der Waals surface area contributed by atoms with E-state index in [1.165, 1.54) is 24.3 Å². The maximum atomic E-state index is 12.1. The molecule has 1 aromatic heterocycles. The molecule has 0 spiro atoms. The van der Waals surface area contributed by atoms with E-state index in [4.69, 9.17) is 0 Å². The van der Waals surface area contributed by atoms with Gasteiger partial charge in [-0.3, -0.25) is 0 Å². The van der Waals surface area contributed by atoms with E-state index in [9.17, 15) is 13.2 Å². The molecule has 0 unspecified atom stereocenters. The fraction of sp³-hybridized carbons (Fsp3) is 0.214. The molecule has 0 bridgehead atoms. The number of pyridine rings is 1. The molecule has 0 aliphatic heterocycles. The number of nitrogens with zero attached hydrogens (tertiary/aromatic N) is 1. The highest BCUT2D eigenvalue weighted by molar-refractivity contribution is 5.58. The van der Waals surface area contributed by atoms with Crippen LogP contribution in [-0.4, -0.2) is 17.9 Å². The zero-order chi connectivity index (χ0) is 15.3. The van der Waals surface area contributed by atoms with Crippen molar-refractivity contribution in [3.8, 4) is 5.75 Å². The molecule has 0 aliphatic carbocycles. The van der Waals surface area contributed by atoms with E-state index < -0.39 is 6.36 Å². The van der Waals surface area contributed by atoms with E-state index in [0.29, 0.717) is 11.5 Å². The van der Waals surface area contributed by atoms with Crippen molar-refractivity contribution in [1.82, 2.24) is 4.98 Å². The van der Waals surface area contributed by atoms with Crippen LogP contribution in [0.15, 0.2) is 42.5 Å². The van der Waals surface area contributed by atoms with Gasteiger partial charge in [0.15, 0.2) is 0 Å². The standard InChI is InChI=1S/C14H14F3N3O/c1-2-18-12-4-3-5-13(20-12)19-10-6-8-11(9-7-10)21-14(15,16)17/h3-9H,2H2,1H3,(H2,18,19,20). The molecule has 21 heavy (non-hydrogen) atoms. The van der Waals surface area contributed by atoms with Gasteiger partial charge in [-0.1, -0.05) is 6.07 Å². The van der Waals surface area contributed by atoms with Crippen LogP contribution in [-0.2, 0) is 0 Å². The molecule has 4 nitrogen and oxygen atoms in total. The van der Waals surface area contributed by atoms with E-state index in [1.807, 2.05) is 19.1 Å². The molecule has 2 rings (SSSR count). The highest BCUT2D eigenvalue weighted by Crippen LogP contribution is 2.25. The number of hydrogen-bond donors (Lipinski definition) is 2. The molecule has 0 saturated heterocycles. The molecule has 2 aromatic rings. The lowest BCUT2D eigenvalue weighted by Crippen LogP contribution is -2.16. The van der Waals surface area contributed by atoms with Gasteiger partial charge in [0.05, 0.1) is 0 Å². The Balaban J connectivity index is 2.04. The molecule has 1 heterocycles. The molecule has 1 aromatic carbocycles. The zero-order valence-electron chi connectivity index (χ0n) is 11.2. The van der Waals surface area contributed by atoms with Crippen molar-refractivity contribution in [2.24, 2.45) is 0 Å². The number of alkyl halides is 3. The minimum atomic E-state index is -4.68. The van der Waals surface area contributed by atoms with Crippen LogP contribution >= 0.6 is 0 Å². The third kappa shape index (κ3) is 4.87. The summed E-state index contributed by atoms with van der Waals surface area (Å²) in [6.45, 7) is 2.71. The molecule has 112 valence electrons. The van der Waals surface area contributed by atoms with Gasteiger partial charge in [-0.2, -0.15) is 0 Å². The Hall–Kier alpha value is -2.44. The molecule has 0 amide bonds. The lowest BCUT2D eigenvalue weighted by Gasteiger charge is -2.10. The van der Waals surface area contributed by atoms with Crippen LogP contribution in [0, 0.1) is 0 Å². The molecular formula is C14H14F3N3O. The summed E-state index contributed by atoms with van der Waals surface area (Å²) in [5.41, 5.74) is 0.616. The summed E-state index contributed by atoms with van der Waals surface area (Å²) in [6, 6.07) is 10.9. The van der Waals surface area contributed by atoms with Gasteiger partial charge in [0, 0.05) is 12.2 Å². The van der Waals surface area contributed by atoms with Crippen LogP contribution in [0.25, 0.3) is 0 Å². The summed E-state index contributed by atoms with van der Waals surface area (Å²) >= 11 is 0. The van der Waals surface area contributed by atoms with Crippen molar-refractivity contribution >= 4 is 17.3 Å². The van der Waals surface area contributed by atoms with E-state index in [-0.39, 0.29) is 5.75 Å². The minimum absolute atomic E-state index is 0.262. The maximum Gasteiger partial charge on any atom is 0.573 e. The second-order valence-corrected chi connectivity index (χ2v) is 4.14. The average molecular weight is 297 g/mol. The van der Waals surface area contributed by atoms with Crippen LogP contribution < -0.4 is 15.4 Å². The summed E-state index contributed by atoms with van der Waals surface area (Å²) in [7, 11) is 0. The van der Waals surface area contributed by atoms with Gasteiger partial charge in [-0.25, -0.2) is 4.98 Å². The molecule has 2 N–H and O–H groups in total. The number of nitrogens with one attached hydrogen (secondary N) is 2. The molecule has 0 fully saturated rings. The summed E-state index contributed by atoms with van der Waals surface area (Å²) in [4.78, 5) is 4.31. The Morgan fingerprint density at radius 3 is 2.33 bits per heavy atom. The van der Waals surface area contributed by atoms with E-state index >= 15 is 0 Å². The quantitative estimate of drug-likeness (QED) is 0.870. The third-order valence-corrected chi connectivity index (χ3v) is 2.47. The minimum Gasteiger partial charge on any atom is -0.406 e. The van der Waals surface area contributed by atoms with Gasteiger partial charge in [-0.15, -0.1) is 13.2 Å². The predicted octanol–water partition coefficient (Wildman–Crippen LogP) is 4.16. The van der Waals surface area contributed by atoms with E-state index in [2.05, 4.69) is 20.4 Å². The smallest absolute Gasteiger partial charge is 0.406 e. The summed E-state index contributed by atoms with van der Waals surface area (Å²) in [5.74, 6) is 1.06. The molecule has 0 aliphatic rings. The first-order chi connectivity index (χ1) is 9.96. The fourth-order valence-corrected chi connectivity index (χ4v) is 1.67. The number of ether oxygens (including phenoxy) is 1. The largest absolute Gasteiger partial charge is 0.573 e. The normalized spacial score (nSPS) is 11.0. The van der Waals surface area contributed by atoms with Crippen molar-refractivity contribution in [2.45, 2.75) is 13.3 Å². The highest BCUT2D eigenvalue weighted by Gasteiger charge is 2.30. The van der Waals surface area contributed by atoms with Gasteiger partial charge in [0.1, 0.15) is 17.4 Å². The van der Waals surface area contributed by atoms with Gasteiger partial charge in [-0.05, 0) is 43.3 Å². The first kappa shape index (κ1) is 15.0. The van der Waals surface area contributed by atoms with Crippen molar-refractivity contribution in [3.05, 3.63) is 42.5 Å². The summed E-state index contributed by atoms with van der Waals surface area (Å²) in [5, 5.41) is 6.08. The van der Waals surface area contributed by atoms with Crippen molar-refractivity contribution in [2.75, 3.05) is 17.2 Å². The first-order valence-electron chi connectivity index (χ1n) is 6.30. The van der Waals surface area contributed by atoms with Crippen molar-refractivity contribution in [3.63, 3.8) is 0 Å². The SMILES string of the molecule is CCNc1cccc(Nc2ccc(OC(F)(F)F)cc2)n1.